The molecule has 0 aliphatic carbocycles. The first kappa shape index (κ1) is 23.7. The molecule has 1 aliphatic heterocycles. The zero-order valence-corrected chi connectivity index (χ0v) is 18.8. The van der Waals surface area contributed by atoms with Gasteiger partial charge in [-0.15, -0.1) is 0 Å². The Balaban J connectivity index is 1.57. The van der Waals surface area contributed by atoms with Crippen LogP contribution in [0.15, 0.2) is 91.0 Å². The highest BCUT2D eigenvalue weighted by molar-refractivity contribution is 5.95. The van der Waals surface area contributed by atoms with Crippen LogP contribution in [0.3, 0.4) is 0 Å². The molecule has 0 radical (unpaired) electrons. The average molecular weight is 474 g/mol. The SMILES string of the molecule is C[C@]1(OC(=O)c2ccccc2)C(=O)OC(COC(=O)c2ccccc2)C1OC(=O)c1ccccc1. The first-order chi connectivity index (χ1) is 16.9. The molecular formula is C27H22O8. The molecule has 0 N–H and O–H groups in total. The smallest absolute Gasteiger partial charge is 0.355 e. The van der Waals surface area contributed by atoms with Crippen LogP contribution in [0.1, 0.15) is 38.0 Å². The van der Waals surface area contributed by atoms with Crippen LogP contribution in [-0.4, -0.2) is 48.3 Å². The Hall–Kier alpha value is -4.46. The molecule has 0 amide bonds. The monoisotopic (exact) mass is 474 g/mol. The summed E-state index contributed by atoms with van der Waals surface area (Å²) >= 11 is 0. The van der Waals surface area contributed by atoms with E-state index in [0.29, 0.717) is 5.56 Å². The van der Waals surface area contributed by atoms with Crippen LogP contribution in [0.5, 0.6) is 0 Å². The van der Waals surface area contributed by atoms with Crippen LogP contribution in [0.25, 0.3) is 0 Å². The Labute approximate surface area is 201 Å². The van der Waals surface area contributed by atoms with E-state index >= 15 is 0 Å². The van der Waals surface area contributed by atoms with Crippen LogP contribution in [0.2, 0.25) is 0 Å². The molecule has 4 rings (SSSR count). The van der Waals surface area contributed by atoms with Crippen molar-refractivity contribution in [2.75, 3.05) is 6.61 Å². The predicted octanol–water partition coefficient (Wildman–Crippen LogP) is 3.61. The van der Waals surface area contributed by atoms with Crippen molar-refractivity contribution >= 4 is 23.9 Å². The average Bonchev–Trinajstić information content (AvgIpc) is 3.12. The van der Waals surface area contributed by atoms with Gasteiger partial charge in [-0.2, -0.15) is 0 Å². The summed E-state index contributed by atoms with van der Waals surface area (Å²) in [5.74, 6) is -3.12. The van der Waals surface area contributed by atoms with E-state index in [9.17, 15) is 19.2 Å². The zero-order valence-electron chi connectivity index (χ0n) is 18.8. The van der Waals surface area contributed by atoms with Crippen LogP contribution < -0.4 is 0 Å². The Morgan fingerprint density at radius 3 is 1.71 bits per heavy atom. The number of ether oxygens (including phenoxy) is 4. The number of carbonyl (C=O) groups is 4. The summed E-state index contributed by atoms with van der Waals surface area (Å²) in [6, 6.07) is 24.4. The van der Waals surface area contributed by atoms with Gasteiger partial charge in [0, 0.05) is 0 Å². The van der Waals surface area contributed by atoms with Crippen molar-refractivity contribution in [1.82, 2.24) is 0 Å². The zero-order chi connectivity index (χ0) is 24.8. The minimum absolute atomic E-state index is 0.202. The van der Waals surface area contributed by atoms with E-state index in [1.165, 1.54) is 31.2 Å². The van der Waals surface area contributed by atoms with Crippen molar-refractivity contribution < 1.29 is 38.1 Å². The highest BCUT2D eigenvalue weighted by Crippen LogP contribution is 2.34. The summed E-state index contributed by atoms with van der Waals surface area (Å²) in [5, 5.41) is 0. The summed E-state index contributed by atoms with van der Waals surface area (Å²) in [7, 11) is 0. The second kappa shape index (κ2) is 10.2. The maximum Gasteiger partial charge on any atom is 0.355 e. The van der Waals surface area contributed by atoms with Crippen LogP contribution in [0.4, 0.5) is 0 Å². The number of hydrogen-bond acceptors (Lipinski definition) is 8. The molecule has 35 heavy (non-hydrogen) atoms. The first-order valence-electron chi connectivity index (χ1n) is 10.9. The molecule has 8 heteroatoms. The van der Waals surface area contributed by atoms with E-state index in [1.807, 2.05) is 0 Å². The van der Waals surface area contributed by atoms with E-state index in [2.05, 4.69) is 0 Å². The molecule has 1 saturated heterocycles. The van der Waals surface area contributed by atoms with Crippen molar-refractivity contribution in [3.05, 3.63) is 108 Å². The third-order valence-corrected chi connectivity index (χ3v) is 5.49. The van der Waals surface area contributed by atoms with Crippen molar-refractivity contribution in [3.8, 4) is 0 Å². The molecule has 2 unspecified atom stereocenters. The van der Waals surface area contributed by atoms with Gasteiger partial charge in [0.2, 0.25) is 5.60 Å². The Morgan fingerprint density at radius 2 is 1.20 bits per heavy atom. The lowest BCUT2D eigenvalue weighted by atomic mass is 9.97. The lowest BCUT2D eigenvalue weighted by Gasteiger charge is -2.28. The van der Waals surface area contributed by atoms with Crippen LogP contribution in [0, 0.1) is 0 Å². The number of cyclic esters (lactones) is 1. The summed E-state index contributed by atoms with van der Waals surface area (Å²) in [5.41, 5.74) is -1.24. The van der Waals surface area contributed by atoms with Crippen molar-refractivity contribution in [1.29, 1.82) is 0 Å². The maximum atomic E-state index is 12.9. The van der Waals surface area contributed by atoms with Gasteiger partial charge in [-0.05, 0) is 43.3 Å². The van der Waals surface area contributed by atoms with Gasteiger partial charge < -0.3 is 18.9 Å². The molecule has 0 spiro atoms. The number of esters is 4. The number of rotatable bonds is 7. The molecule has 3 atom stereocenters. The summed E-state index contributed by atoms with van der Waals surface area (Å²) in [6.45, 7) is 0.892. The van der Waals surface area contributed by atoms with Gasteiger partial charge in [0.05, 0.1) is 16.7 Å². The minimum Gasteiger partial charge on any atom is -0.458 e. The molecule has 3 aromatic rings. The predicted molar refractivity (Wildman–Crippen MR) is 123 cm³/mol. The molecule has 0 bridgehead atoms. The fourth-order valence-electron chi connectivity index (χ4n) is 3.60. The summed E-state index contributed by atoms with van der Waals surface area (Å²) in [6.07, 6.45) is -2.57. The second-order valence-corrected chi connectivity index (χ2v) is 7.96. The van der Waals surface area contributed by atoms with E-state index in [1.54, 1.807) is 66.7 Å². The molecule has 1 fully saturated rings. The minimum atomic E-state index is -1.97. The van der Waals surface area contributed by atoms with Crippen molar-refractivity contribution in [2.24, 2.45) is 0 Å². The van der Waals surface area contributed by atoms with Gasteiger partial charge in [0.1, 0.15) is 6.61 Å². The van der Waals surface area contributed by atoms with E-state index in [-0.39, 0.29) is 11.1 Å². The molecule has 1 aliphatic rings. The van der Waals surface area contributed by atoms with E-state index < -0.39 is 48.3 Å². The quantitative estimate of drug-likeness (QED) is 0.378. The Bertz CT molecular complexity index is 1210. The highest BCUT2D eigenvalue weighted by atomic mass is 16.7. The van der Waals surface area contributed by atoms with Gasteiger partial charge in [-0.1, -0.05) is 54.6 Å². The molecule has 0 aromatic heterocycles. The van der Waals surface area contributed by atoms with Gasteiger partial charge >= 0.3 is 23.9 Å². The summed E-state index contributed by atoms with van der Waals surface area (Å²) in [4.78, 5) is 50.9. The Morgan fingerprint density at radius 1 is 0.743 bits per heavy atom. The Kier molecular flexibility index (Phi) is 6.91. The number of carbonyl (C=O) groups excluding carboxylic acids is 4. The molecule has 0 saturated carbocycles. The lowest BCUT2D eigenvalue weighted by Crippen LogP contribution is -2.50. The lowest BCUT2D eigenvalue weighted by molar-refractivity contribution is -0.156. The fraction of sp³-hybridized carbons (Fsp3) is 0.185. The normalized spacial score (nSPS) is 21.0. The standard InChI is InChI=1S/C27H22O8/c1-27(35-25(30)20-15-9-4-10-16-20)22(34-24(29)19-13-7-3-8-14-19)21(33-26(27)31)17-32-23(28)18-11-5-2-6-12-18/h2-16,21-22H,17H2,1H3/t21?,22?,27-/m1/s1. The number of hydrogen-bond donors (Lipinski definition) is 0. The van der Waals surface area contributed by atoms with Gasteiger partial charge in [-0.3, -0.25) is 0 Å². The van der Waals surface area contributed by atoms with Gasteiger partial charge in [-0.25, -0.2) is 19.2 Å². The summed E-state index contributed by atoms with van der Waals surface area (Å²) < 4.78 is 21.8. The highest BCUT2D eigenvalue weighted by Gasteiger charge is 2.60. The molecule has 3 aromatic carbocycles. The number of benzene rings is 3. The molecule has 8 nitrogen and oxygen atoms in total. The third-order valence-electron chi connectivity index (χ3n) is 5.49. The molecular weight excluding hydrogens is 452 g/mol. The van der Waals surface area contributed by atoms with Crippen molar-refractivity contribution in [2.45, 2.75) is 24.7 Å². The van der Waals surface area contributed by atoms with E-state index in [4.69, 9.17) is 18.9 Å². The third kappa shape index (κ3) is 5.22. The van der Waals surface area contributed by atoms with Crippen molar-refractivity contribution in [3.63, 3.8) is 0 Å². The fourth-order valence-corrected chi connectivity index (χ4v) is 3.60. The van der Waals surface area contributed by atoms with Gasteiger partial charge in [0.25, 0.3) is 0 Å². The maximum absolute atomic E-state index is 12.9. The van der Waals surface area contributed by atoms with Crippen LogP contribution in [-0.2, 0) is 23.7 Å². The van der Waals surface area contributed by atoms with Gasteiger partial charge in [0.15, 0.2) is 12.2 Å². The topological polar surface area (TPSA) is 105 Å². The molecule has 178 valence electrons. The van der Waals surface area contributed by atoms with E-state index in [0.717, 1.165) is 0 Å². The first-order valence-corrected chi connectivity index (χ1v) is 10.9. The second-order valence-electron chi connectivity index (χ2n) is 7.96. The largest absolute Gasteiger partial charge is 0.458 e. The molecule has 1 heterocycles. The van der Waals surface area contributed by atoms with Crippen LogP contribution >= 0.6 is 0 Å².